The van der Waals surface area contributed by atoms with Gasteiger partial charge in [0.2, 0.25) is 0 Å². The van der Waals surface area contributed by atoms with E-state index in [1.165, 1.54) is 4.90 Å². The maximum atomic E-state index is 12.9. The van der Waals surface area contributed by atoms with Gasteiger partial charge in [-0.25, -0.2) is 9.69 Å². The van der Waals surface area contributed by atoms with Crippen LogP contribution in [0.1, 0.15) is 18.9 Å². The van der Waals surface area contributed by atoms with Gasteiger partial charge in [-0.1, -0.05) is 24.3 Å². The van der Waals surface area contributed by atoms with Crippen molar-refractivity contribution >= 4 is 28.4 Å². The summed E-state index contributed by atoms with van der Waals surface area (Å²) in [5.74, 6) is -0.419. The van der Waals surface area contributed by atoms with Gasteiger partial charge in [0.15, 0.2) is 0 Å². The summed E-state index contributed by atoms with van der Waals surface area (Å²) in [5.41, 5.74) is -0.282. The Morgan fingerprint density at radius 2 is 1.92 bits per heavy atom. The molecule has 0 saturated carbocycles. The first-order valence-corrected chi connectivity index (χ1v) is 7.74. The quantitative estimate of drug-likeness (QED) is 0.814. The molecular formula is C18H15N3O3. The van der Waals surface area contributed by atoms with E-state index >= 15 is 0 Å². The molecular weight excluding hydrogens is 306 g/mol. The molecule has 0 aromatic heterocycles. The van der Waals surface area contributed by atoms with Crippen molar-refractivity contribution in [3.05, 3.63) is 42.0 Å². The molecule has 6 heteroatoms. The minimum absolute atomic E-state index is 0.354. The Balaban J connectivity index is 1.89. The molecule has 1 N–H and O–H groups in total. The van der Waals surface area contributed by atoms with Gasteiger partial charge in [0, 0.05) is 17.3 Å². The number of rotatable bonds is 1. The van der Waals surface area contributed by atoms with E-state index in [9.17, 15) is 20.0 Å². The third-order valence-corrected chi connectivity index (χ3v) is 4.91. The van der Waals surface area contributed by atoms with Crippen LogP contribution >= 0.6 is 0 Å². The summed E-state index contributed by atoms with van der Waals surface area (Å²) in [6.07, 6.45) is 0.386. The van der Waals surface area contributed by atoms with Gasteiger partial charge in [0.05, 0.1) is 22.9 Å². The molecule has 3 amide bonds. The Labute approximate surface area is 138 Å². The fourth-order valence-electron chi connectivity index (χ4n) is 3.70. The molecule has 2 atom stereocenters. The topological polar surface area (TPSA) is 84.6 Å². The Kier molecular flexibility index (Phi) is 2.93. The zero-order valence-electron chi connectivity index (χ0n) is 13.1. The molecule has 24 heavy (non-hydrogen) atoms. The predicted octanol–water partition coefficient (Wildman–Crippen LogP) is 2.00. The van der Waals surface area contributed by atoms with Gasteiger partial charge in [-0.15, -0.1) is 0 Å². The highest BCUT2D eigenvalue weighted by Crippen LogP contribution is 2.39. The molecule has 2 fully saturated rings. The van der Waals surface area contributed by atoms with Crippen LogP contribution in [-0.4, -0.2) is 40.1 Å². The number of fused-ring (bicyclic) bond motifs is 2. The summed E-state index contributed by atoms with van der Waals surface area (Å²) in [4.78, 5) is 28.1. The molecule has 4 rings (SSSR count). The normalized spacial score (nSPS) is 26.1. The lowest BCUT2D eigenvalue weighted by Gasteiger charge is -2.22. The second kappa shape index (κ2) is 4.79. The summed E-state index contributed by atoms with van der Waals surface area (Å²) in [6, 6.07) is 11.3. The average molecular weight is 321 g/mol. The standard InChI is InChI=1S/C18H15N3O3/c1-18(24)8-9-20-15(18)16(22)21(17(20)23)14-7-6-11(10-19)12-4-2-3-5-13(12)14/h2-7,15,24H,8-9H2,1H3/t15-,18-/m1/s1. The number of amides is 3. The lowest BCUT2D eigenvalue weighted by atomic mass is 9.96. The van der Waals surface area contributed by atoms with E-state index < -0.39 is 23.6 Å². The number of benzene rings is 2. The zero-order chi connectivity index (χ0) is 17.1. The number of hydrogen-bond acceptors (Lipinski definition) is 4. The molecule has 0 radical (unpaired) electrons. The maximum absolute atomic E-state index is 12.9. The van der Waals surface area contributed by atoms with Crippen molar-refractivity contribution < 1.29 is 14.7 Å². The van der Waals surface area contributed by atoms with Crippen molar-refractivity contribution in [2.45, 2.75) is 25.0 Å². The first kappa shape index (κ1) is 14.7. The number of imide groups is 1. The van der Waals surface area contributed by atoms with Gasteiger partial charge in [0.25, 0.3) is 5.91 Å². The minimum atomic E-state index is -1.22. The van der Waals surface area contributed by atoms with Gasteiger partial charge in [-0.2, -0.15) is 5.26 Å². The van der Waals surface area contributed by atoms with E-state index in [0.29, 0.717) is 35.0 Å². The average Bonchev–Trinajstić information content (AvgIpc) is 3.02. The minimum Gasteiger partial charge on any atom is -0.387 e. The molecule has 2 heterocycles. The summed E-state index contributed by atoms with van der Waals surface area (Å²) in [6.45, 7) is 1.94. The summed E-state index contributed by atoms with van der Waals surface area (Å²) in [5, 5.41) is 21.0. The highest BCUT2D eigenvalue weighted by Gasteiger charge is 2.57. The van der Waals surface area contributed by atoms with Gasteiger partial charge < -0.3 is 10.0 Å². The van der Waals surface area contributed by atoms with Crippen LogP contribution < -0.4 is 4.90 Å². The van der Waals surface area contributed by atoms with E-state index in [0.717, 1.165) is 4.90 Å². The SMILES string of the molecule is C[C@@]1(O)CCN2C(=O)N(c3ccc(C#N)c4ccccc34)C(=O)[C@@H]21. The molecule has 2 aliphatic heterocycles. The van der Waals surface area contributed by atoms with Crippen molar-refractivity contribution in [2.75, 3.05) is 11.4 Å². The number of hydrogen-bond donors (Lipinski definition) is 1. The van der Waals surface area contributed by atoms with Crippen molar-refractivity contribution in [1.82, 2.24) is 4.90 Å². The molecule has 0 aliphatic carbocycles. The van der Waals surface area contributed by atoms with Crippen LogP contribution in [0.2, 0.25) is 0 Å². The first-order valence-electron chi connectivity index (χ1n) is 7.74. The number of carbonyl (C=O) groups excluding carboxylic acids is 2. The molecule has 2 saturated heterocycles. The Bertz CT molecular complexity index is 929. The zero-order valence-corrected chi connectivity index (χ0v) is 13.1. The predicted molar refractivity (Wildman–Crippen MR) is 87.3 cm³/mol. The second-order valence-electron chi connectivity index (χ2n) is 6.45. The number of carbonyl (C=O) groups is 2. The maximum Gasteiger partial charge on any atom is 0.332 e. The van der Waals surface area contributed by atoms with Gasteiger partial charge >= 0.3 is 6.03 Å². The number of anilines is 1. The monoisotopic (exact) mass is 321 g/mol. The van der Waals surface area contributed by atoms with Crippen molar-refractivity contribution in [2.24, 2.45) is 0 Å². The number of nitrogens with zero attached hydrogens (tertiary/aromatic N) is 3. The number of urea groups is 1. The van der Waals surface area contributed by atoms with Crippen molar-refractivity contribution in [3.8, 4) is 6.07 Å². The van der Waals surface area contributed by atoms with Crippen molar-refractivity contribution in [1.29, 1.82) is 5.26 Å². The summed E-state index contributed by atoms with van der Waals surface area (Å²) in [7, 11) is 0. The van der Waals surface area contributed by atoms with Gasteiger partial charge in [0.1, 0.15) is 6.04 Å². The number of nitriles is 1. The van der Waals surface area contributed by atoms with E-state index in [2.05, 4.69) is 6.07 Å². The molecule has 120 valence electrons. The fraction of sp³-hybridized carbons (Fsp3) is 0.278. The molecule has 6 nitrogen and oxygen atoms in total. The van der Waals surface area contributed by atoms with Crippen LogP contribution in [0.25, 0.3) is 10.8 Å². The Morgan fingerprint density at radius 3 is 2.58 bits per heavy atom. The molecule has 2 aromatic rings. The van der Waals surface area contributed by atoms with Crippen LogP contribution in [0.15, 0.2) is 36.4 Å². The highest BCUT2D eigenvalue weighted by molar-refractivity contribution is 6.25. The van der Waals surface area contributed by atoms with Crippen LogP contribution in [0.3, 0.4) is 0 Å². The van der Waals surface area contributed by atoms with E-state index in [1.54, 1.807) is 37.3 Å². The Morgan fingerprint density at radius 1 is 1.21 bits per heavy atom. The van der Waals surface area contributed by atoms with Crippen LogP contribution in [0.4, 0.5) is 10.5 Å². The van der Waals surface area contributed by atoms with E-state index in [1.807, 2.05) is 6.07 Å². The number of aliphatic hydroxyl groups is 1. The summed E-state index contributed by atoms with van der Waals surface area (Å²) >= 11 is 0. The lowest BCUT2D eigenvalue weighted by Crippen LogP contribution is -2.44. The van der Waals surface area contributed by atoms with E-state index in [4.69, 9.17) is 0 Å². The molecule has 0 bridgehead atoms. The van der Waals surface area contributed by atoms with Crippen molar-refractivity contribution in [3.63, 3.8) is 0 Å². The second-order valence-corrected chi connectivity index (χ2v) is 6.45. The van der Waals surface area contributed by atoms with Gasteiger partial charge in [-0.05, 0) is 25.5 Å². The Hall–Kier alpha value is -2.91. The third kappa shape index (κ3) is 1.79. The molecule has 0 spiro atoms. The first-order chi connectivity index (χ1) is 11.5. The van der Waals surface area contributed by atoms with Crippen LogP contribution in [0, 0.1) is 11.3 Å². The van der Waals surface area contributed by atoms with Crippen LogP contribution in [0.5, 0.6) is 0 Å². The molecule has 0 unspecified atom stereocenters. The summed E-state index contributed by atoms with van der Waals surface area (Å²) < 4.78 is 0. The molecule has 2 aliphatic rings. The van der Waals surface area contributed by atoms with E-state index in [-0.39, 0.29) is 0 Å². The van der Waals surface area contributed by atoms with Gasteiger partial charge in [-0.3, -0.25) is 4.79 Å². The smallest absolute Gasteiger partial charge is 0.332 e. The largest absolute Gasteiger partial charge is 0.387 e. The molecule has 2 aromatic carbocycles. The lowest BCUT2D eigenvalue weighted by molar-refractivity contribution is -0.124. The van der Waals surface area contributed by atoms with Crippen LogP contribution in [-0.2, 0) is 4.79 Å². The highest BCUT2D eigenvalue weighted by atomic mass is 16.3. The third-order valence-electron chi connectivity index (χ3n) is 4.91. The fourth-order valence-corrected chi connectivity index (χ4v) is 3.70.